The summed E-state index contributed by atoms with van der Waals surface area (Å²) >= 11 is 1.69. The molecule has 2 heterocycles. The van der Waals surface area contributed by atoms with Gasteiger partial charge in [-0.15, -0.1) is 0 Å². The summed E-state index contributed by atoms with van der Waals surface area (Å²) in [5.74, 6) is 0.614. The molecule has 0 aliphatic carbocycles. The van der Waals surface area contributed by atoms with E-state index in [4.69, 9.17) is 9.72 Å². The molecule has 4 aromatic rings. The van der Waals surface area contributed by atoms with Crippen LogP contribution in [0.25, 0.3) is 10.2 Å². The number of carbonyl (C=O) groups excluding carboxylic acids is 1. The summed E-state index contributed by atoms with van der Waals surface area (Å²) in [6, 6.07) is 21.7. The topological polar surface area (TPSA) is 95.1 Å². The Labute approximate surface area is 251 Å². The van der Waals surface area contributed by atoms with E-state index in [1.54, 1.807) is 23.5 Å². The Morgan fingerprint density at radius 1 is 0.976 bits per heavy atom. The Kier molecular flexibility index (Phi) is 9.73. The molecule has 5 rings (SSSR count). The van der Waals surface area contributed by atoms with Gasteiger partial charge in [-0.2, -0.15) is 4.31 Å². The monoisotopic (exact) mass is 607 g/mol. The van der Waals surface area contributed by atoms with E-state index in [9.17, 15) is 13.2 Å². The second-order valence-corrected chi connectivity index (χ2v) is 13.0. The summed E-state index contributed by atoms with van der Waals surface area (Å²) in [7, 11) is -3.68. The molecule has 1 aromatic heterocycles. The molecule has 1 aliphatic heterocycles. The molecule has 9 nitrogen and oxygen atoms in total. The molecule has 1 saturated heterocycles. The van der Waals surface area contributed by atoms with Crippen LogP contribution in [-0.2, 0) is 16.6 Å². The number of rotatable bonds is 12. The lowest BCUT2D eigenvalue weighted by Crippen LogP contribution is -2.48. The molecular weight excluding hydrogens is 571 g/mol. The highest BCUT2D eigenvalue weighted by Crippen LogP contribution is 2.34. The van der Waals surface area contributed by atoms with Crippen molar-refractivity contribution >= 4 is 42.6 Å². The summed E-state index contributed by atoms with van der Waals surface area (Å²) in [5.41, 5.74) is 2.28. The second-order valence-electron chi connectivity index (χ2n) is 10.1. The highest BCUT2D eigenvalue weighted by Gasteiger charge is 2.24. The predicted octanol–water partition coefficient (Wildman–Crippen LogP) is 4.46. The number of nitrogens with zero attached hydrogens (tertiary/aromatic N) is 4. The van der Waals surface area contributed by atoms with Crippen LogP contribution in [0.1, 0.15) is 29.8 Å². The van der Waals surface area contributed by atoms with Gasteiger partial charge in [0.1, 0.15) is 11.3 Å². The van der Waals surface area contributed by atoms with Gasteiger partial charge in [-0.3, -0.25) is 9.69 Å². The third kappa shape index (κ3) is 6.92. The number of aromatic nitrogens is 1. The molecule has 222 valence electrons. The van der Waals surface area contributed by atoms with Gasteiger partial charge in [-0.25, -0.2) is 13.4 Å². The van der Waals surface area contributed by atoms with E-state index < -0.39 is 10.0 Å². The van der Waals surface area contributed by atoms with Crippen molar-refractivity contribution in [3.63, 3.8) is 0 Å². The Morgan fingerprint density at radius 3 is 2.40 bits per heavy atom. The van der Waals surface area contributed by atoms with Gasteiger partial charge in [0.15, 0.2) is 5.13 Å². The number of thiazole rings is 1. The number of carbonyl (C=O) groups is 1. The van der Waals surface area contributed by atoms with E-state index in [0.717, 1.165) is 59.4 Å². The highest BCUT2D eigenvalue weighted by molar-refractivity contribution is 7.89. The fourth-order valence-corrected chi connectivity index (χ4v) is 7.46. The van der Waals surface area contributed by atoms with Crippen molar-refractivity contribution in [2.75, 3.05) is 57.3 Å². The molecule has 0 bridgehead atoms. The zero-order valence-corrected chi connectivity index (χ0v) is 25.7. The van der Waals surface area contributed by atoms with Crippen molar-refractivity contribution < 1.29 is 17.9 Å². The number of hydrogen-bond donors (Lipinski definition) is 1. The van der Waals surface area contributed by atoms with Gasteiger partial charge in [0.05, 0.1) is 16.2 Å². The third-order valence-corrected chi connectivity index (χ3v) is 10.4. The van der Waals surface area contributed by atoms with Crippen molar-refractivity contribution in [3.05, 3.63) is 83.9 Å². The van der Waals surface area contributed by atoms with Crippen LogP contribution < -0.4 is 15.0 Å². The lowest BCUT2D eigenvalue weighted by molar-refractivity contribution is 0.0947. The fraction of sp³-hybridized carbons (Fsp3) is 0.355. The largest absolute Gasteiger partial charge is 0.492 e. The maximum atomic E-state index is 13.2. The molecular formula is C31H37N5O4S2. The maximum Gasteiger partial charge on any atom is 0.251 e. The first-order valence-electron chi connectivity index (χ1n) is 14.3. The minimum atomic E-state index is -3.68. The van der Waals surface area contributed by atoms with Gasteiger partial charge in [-0.1, -0.05) is 54.7 Å². The van der Waals surface area contributed by atoms with E-state index in [2.05, 4.69) is 21.2 Å². The molecule has 1 N–H and O–H groups in total. The first-order valence-corrected chi connectivity index (χ1v) is 16.6. The lowest BCUT2D eigenvalue weighted by Gasteiger charge is -2.34. The smallest absolute Gasteiger partial charge is 0.251 e. The Morgan fingerprint density at radius 2 is 1.71 bits per heavy atom. The van der Waals surface area contributed by atoms with Crippen LogP contribution in [0.15, 0.2) is 77.7 Å². The molecule has 1 amide bonds. The summed E-state index contributed by atoms with van der Waals surface area (Å²) < 4.78 is 34.7. The minimum Gasteiger partial charge on any atom is -0.492 e. The van der Waals surface area contributed by atoms with Gasteiger partial charge < -0.3 is 15.0 Å². The van der Waals surface area contributed by atoms with Gasteiger partial charge in [0, 0.05) is 57.9 Å². The Hall–Kier alpha value is -3.51. The molecule has 3 aromatic carbocycles. The number of amides is 1. The molecule has 1 fully saturated rings. The molecule has 0 saturated carbocycles. The number of benzene rings is 3. The van der Waals surface area contributed by atoms with E-state index in [-0.39, 0.29) is 10.8 Å². The predicted molar refractivity (Wildman–Crippen MR) is 168 cm³/mol. The number of piperazine rings is 1. The van der Waals surface area contributed by atoms with Crippen molar-refractivity contribution in [2.45, 2.75) is 25.3 Å². The average molecular weight is 608 g/mol. The van der Waals surface area contributed by atoms with E-state index in [1.807, 2.05) is 56.3 Å². The molecule has 0 unspecified atom stereocenters. The normalized spacial score (nSPS) is 14.4. The number of nitrogens with one attached hydrogen (secondary N) is 1. The molecule has 0 atom stereocenters. The summed E-state index contributed by atoms with van der Waals surface area (Å²) in [4.78, 5) is 22.4. The van der Waals surface area contributed by atoms with Gasteiger partial charge in [0.25, 0.3) is 5.91 Å². The van der Waals surface area contributed by atoms with Gasteiger partial charge in [-0.05, 0) is 48.9 Å². The molecule has 11 heteroatoms. The van der Waals surface area contributed by atoms with E-state index >= 15 is 0 Å². The van der Waals surface area contributed by atoms with Crippen molar-refractivity contribution in [1.82, 2.24) is 19.5 Å². The summed E-state index contributed by atoms with van der Waals surface area (Å²) in [6.45, 7) is 9.81. The van der Waals surface area contributed by atoms with Crippen molar-refractivity contribution in [1.29, 1.82) is 0 Å². The first kappa shape index (κ1) is 30.0. The van der Waals surface area contributed by atoms with Crippen LogP contribution in [0, 0.1) is 0 Å². The standard InChI is InChI=1S/C31H37N5O4S2/c1-3-36(23-24-9-6-5-7-10-24)42(38,39)26-15-13-25(14-16-26)30(37)32-17-18-34-19-21-35(22-20-34)31-33-29-27(40-4-2)11-8-12-28(29)41-31/h5-16H,3-4,17-23H2,1-2H3,(H,32,37). The van der Waals surface area contributed by atoms with Crippen LogP contribution >= 0.6 is 11.3 Å². The number of sulfonamides is 1. The fourth-order valence-electron chi connectivity index (χ4n) is 4.99. The first-order chi connectivity index (χ1) is 20.4. The molecule has 0 spiro atoms. The second kappa shape index (κ2) is 13.6. The summed E-state index contributed by atoms with van der Waals surface area (Å²) in [5, 5.41) is 3.98. The number of ether oxygens (including phenoxy) is 1. The SMILES string of the molecule is CCOc1cccc2sc(N3CCN(CCNC(=O)c4ccc(S(=O)(=O)N(CC)Cc5ccccc5)cc4)CC3)nc12. The van der Waals surface area contributed by atoms with Crippen LogP contribution in [0.3, 0.4) is 0 Å². The van der Waals surface area contributed by atoms with Crippen molar-refractivity contribution in [2.24, 2.45) is 0 Å². The van der Waals surface area contributed by atoms with Crippen LogP contribution in [0.5, 0.6) is 5.75 Å². The third-order valence-electron chi connectivity index (χ3n) is 7.34. The summed E-state index contributed by atoms with van der Waals surface area (Å²) in [6.07, 6.45) is 0. The number of hydrogen-bond acceptors (Lipinski definition) is 8. The van der Waals surface area contributed by atoms with Gasteiger partial charge in [0.2, 0.25) is 10.0 Å². The minimum absolute atomic E-state index is 0.178. The quantitative estimate of drug-likeness (QED) is 0.254. The average Bonchev–Trinajstić information content (AvgIpc) is 3.46. The number of fused-ring (bicyclic) bond motifs is 1. The molecule has 1 aliphatic rings. The zero-order valence-electron chi connectivity index (χ0n) is 24.0. The lowest BCUT2D eigenvalue weighted by atomic mass is 10.2. The zero-order chi connectivity index (χ0) is 29.5. The van der Waals surface area contributed by atoms with E-state index in [0.29, 0.717) is 31.8 Å². The van der Waals surface area contributed by atoms with Gasteiger partial charge >= 0.3 is 0 Å². The Bertz CT molecular complexity index is 1580. The van der Waals surface area contributed by atoms with Crippen molar-refractivity contribution in [3.8, 4) is 5.75 Å². The number of para-hydroxylation sites is 1. The molecule has 42 heavy (non-hydrogen) atoms. The molecule has 0 radical (unpaired) electrons. The van der Waals surface area contributed by atoms with Crippen LogP contribution in [0.4, 0.5) is 5.13 Å². The maximum absolute atomic E-state index is 13.2. The highest BCUT2D eigenvalue weighted by atomic mass is 32.2. The van der Waals surface area contributed by atoms with E-state index in [1.165, 1.54) is 16.4 Å². The van der Waals surface area contributed by atoms with Crippen LogP contribution in [0.2, 0.25) is 0 Å². The number of anilines is 1. The van der Waals surface area contributed by atoms with Crippen LogP contribution in [-0.4, -0.2) is 80.9 Å². The Balaban J connectivity index is 1.09.